The predicted octanol–water partition coefficient (Wildman–Crippen LogP) is 0.428. The van der Waals surface area contributed by atoms with Gasteiger partial charge in [-0.15, -0.1) is 0 Å². The highest BCUT2D eigenvalue weighted by atomic mass is 19.2. The van der Waals surface area contributed by atoms with Crippen LogP contribution in [-0.2, 0) is 0 Å². The smallest absolute Gasteiger partial charge is 0.337 e. The van der Waals surface area contributed by atoms with E-state index in [1.807, 2.05) is 0 Å². The average molecular weight is 247 g/mol. The molecule has 1 unspecified atom stereocenters. The van der Waals surface area contributed by atoms with Crippen LogP contribution < -0.4 is 5.32 Å². The molecule has 0 saturated carbocycles. The van der Waals surface area contributed by atoms with Gasteiger partial charge >= 0.3 is 5.97 Å². The van der Waals surface area contributed by atoms with Crippen molar-refractivity contribution in [3.8, 4) is 0 Å². The molecule has 0 spiro atoms. The normalized spacial score (nSPS) is 12.2. The predicted molar refractivity (Wildman–Crippen MR) is 54.9 cm³/mol. The summed E-state index contributed by atoms with van der Waals surface area (Å²) in [7, 11) is 0. The Balaban J connectivity index is 2.96. The number of halogens is 2. The molecule has 0 radical (unpaired) electrons. The zero-order valence-corrected chi connectivity index (χ0v) is 8.65. The van der Waals surface area contributed by atoms with Crippen molar-refractivity contribution in [1.82, 2.24) is 0 Å². The van der Waals surface area contributed by atoms with Crippen LogP contribution >= 0.6 is 0 Å². The molecule has 0 aliphatic carbocycles. The number of anilines is 1. The van der Waals surface area contributed by atoms with Crippen LogP contribution in [-0.4, -0.2) is 40.5 Å². The van der Waals surface area contributed by atoms with Gasteiger partial charge in [0.1, 0.15) is 0 Å². The molecule has 1 atom stereocenters. The number of hydrogen-bond acceptors (Lipinski definition) is 4. The summed E-state index contributed by atoms with van der Waals surface area (Å²) in [5.41, 5.74) is -0.613. The summed E-state index contributed by atoms with van der Waals surface area (Å²) in [5, 5.41) is 28.8. The number of hydrogen-bond donors (Lipinski definition) is 4. The monoisotopic (exact) mass is 247 g/mol. The first-order valence-corrected chi connectivity index (χ1v) is 4.70. The van der Waals surface area contributed by atoms with Crippen molar-refractivity contribution in [2.75, 3.05) is 18.5 Å². The van der Waals surface area contributed by atoms with Crippen molar-refractivity contribution >= 4 is 11.7 Å². The quantitative estimate of drug-likeness (QED) is 0.605. The highest BCUT2D eigenvalue weighted by molar-refractivity contribution is 5.94. The highest BCUT2D eigenvalue weighted by Gasteiger charge is 2.15. The maximum Gasteiger partial charge on any atom is 0.337 e. The van der Waals surface area contributed by atoms with E-state index in [2.05, 4.69) is 5.32 Å². The third-order valence-corrected chi connectivity index (χ3v) is 2.03. The third-order valence-electron chi connectivity index (χ3n) is 2.03. The van der Waals surface area contributed by atoms with E-state index in [4.69, 9.17) is 15.3 Å². The van der Waals surface area contributed by atoms with Crippen molar-refractivity contribution in [2.24, 2.45) is 0 Å². The Bertz CT molecular complexity index is 425. The summed E-state index contributed by atoms with van der Waals surface area (Å²) < 4.78 is 25.7. The Morgan fingerprint density at radius 1 is 1.35 bits per heavy atom. The Kier molecular flexibility index (Phi) is 4.36. The molecule has 0 fully saturated rings. The first-order chi connectivity index (χ1) is 7.95. The van der Waals surface area contributed by atoms with E-state index in [1.165, 1.54) is 0 Å². The van der Waals surface area contributed by atoms with E-state index in [0.29, 0.717) is 12.1 Å². The number of aromatic carboxylic acids is 1. The molecule has 94 valence electrons. The lowest BCUT2D eigenvalue weighted by Crippen LogP contribution is -2.24. The number of nitrogens with one attached hydrogen (secondary N) is 1. The minimum atomic E-state index is -1.43. The van der Waals surface area contributed by atoms with E-state index in [-0.39, 0.29) is 12.2 Å². The van der Waals surface area contributed by atoms with Crippen LogP contribution in [0.2, 0.25) is 0 Å². The second kappa shape index (κ2) is 5.55. The van der Waals surface area contributed by atoms with Gasteiger partial charge < -0.3 is 20.6 Å². The van der Waals surface area contributed by atoms with Gasteiger partial charge in [-0.3, -0.25) is 0 Å². The summed E-state index contributed by atoms with van der Waals surface area (Å²) in [5.74, 6) is -3.89. The van der Waals surface area contributed by atoms with Crippen molar-refractivity contribution in [1.29, 1.82) is 0 Å². The van der Waals surface area contributed by atoms with Crippen LogP contribution in [0.25, 0.3) is 0 Å². The van der Waals surface area contributed by atoms with Crippen molar-refractivity contribution in [3.63, 3.8) is 0 Å². The molecular formula is C10H11F2NO4. The summed E-state index contributed by atoms with van der Waals surface area (Å²) in [6.07, 6.45) is -1.12. The van der Waals surface area contributed by atoms with Gasteiger partial charge in [0.05, 0.1) is 24.0 Å². The van der Waals surface area contributed by atoms with Crippen LogP contribution in [0.5, 0.6) is 0 Å². The average Bonchev–Trinajstić information content (AvgIpc) is 2.29. The van der Waals surface area contributed by atoms with Crippen LogP contribution in [0.4, 0.5) is 14.5 Å². The van der Waals surface area contributed by atoms with E-state index in [0.717, 1.165) is 0 Å². The molecule has 17 heavy (non-hydrogen) atoms. The third kappa shape index (κ3) is 3.36. The van der Waals surface area contributed by atoms with E-state index < -0.39 is 35.9 Å². The van der Waals surface area contributed by atoms with Gasteiger partial charge in [-0.1, -0.05) is 0 Å². The lowest BCUT2D eigenvalue weighted by Gasteiger charge is -2.12. The minimum absolute atomic E-state index is 0.163. The highest BCUT2D eigenvalue weighted by Crippen LogP contribution is 2.20. The second-order valence-corrected chi connectivity index (χ2v) is 3.33. The second-order valence-electron chi connectivity index (χ2n) is 3.33. The molecule has 1 aromatic carbocycles. The Morgan fingerprint density at radius 2 is 1.94 bits per heavy atom. The molecule has 0 aliphatic heterocycles. The Morgan fingerprint density at radius 3 is 2.47 bits per heavy atom. The summed E-state index contributed by atoms with van der Waals surface area (Å²) >= 11 is 0. The van der Waals surface area contributed by atoms with Gasteiger partial charge in [0, 0.05) is 12.6 Å². The largest absolute Gasteiger partial charge is 0.478 e. The standard InChI is InChI=1S/C10H11F2NO4/c11-7-1-6(10(16)17)9(2-8(7)12)13-3-5(15)4-14/h1-2,5,13-15H,3-4H2,(H,16,17). The number of benzene rings is 1. The summed E-state index contributed by atoms with van der Waals surface area (Å²) in [6, 6.07) is 1.23. The maximum absolute atomic E-state index is 12.9. The van der Waals surface area contributed by atoms with Crippen LogP contribution in [0.3, 0.4) is 0 Å². The lowest BCUT2D eigenvalue weighted by atomic mass is 10.1. The molecule has 0 heterocycles. The fourth-order valence-corrected chi connectivity index (χ4v) is 1.16. The van der Waals surface area contributed by atoms with Gasteiger partial charge in [-0.25, -0.2) is 13.6 Å². The van der Waals surface area contributed by atoms with Gasteiger partial charge in [0.25, 0.3) is 0 Å². The molecule has 7 heteroatoms. The maximum atomic E-state index is 12.9. The number of carbonyl (C=O) groups is 1. The molecule has 0 aromatic heterocycles. The molecular weight excluding hydrogens is 236 g/mol. The van der Waals surface area contributed by atoms with Crippen LogP contribution in [0.15, 0.2) is 12.1 Å². The Hall–Kier alpha value is -1.73. The van der Waals surface area contributed by atoms with Crippen molar-refractivity contribution < 1.29 is 28.9 Å². The first kappa shape index (κ1) is 13.3. The number of carboxylic acids is 1. The molecule has 1 rings (SSSR count). The molecule has 0 bridgehead atoms. The summed E-state index contributed by atoms with van der Waals surface area (Å²) in [6.45, 7) is -0.707. The summed E-state index contributed by atoms with van der Waals surface area (Å²) in [4.78, 5) is 10.8. The molecule has 0 aliphatic rings. The topological polar surface area (TPSA) is 89.8 Å². The van der Waals surface area contributed by atoms with E-state index in [1.54, 1.807) is 0 Å². The van der Waals surface area contributed by atoms with Crippen molar-refractivity contribution in [3.05, 3.63) is 29.3 Å². The van der Waals surface area contributed by atoms with E-state index in [9.17, 15) is 13.6 Å². The lowest BCUT2D eigenvalue weighted by molar-refractivity contribution is 0.0697. The molecule has 1 aromatic rings. The van der Waals surface area contributed by atoms with Crippen LogP contribution in [0, 0.1) is 11.6 Å². The van der Waals surface area contributed by atoms with E-state index >= 15 is 0 Å². The number of aliphatic hydroxyl groups excluding tert-OH is 2. The zero-order valence-electron chi connectivity index (χ0n) is 8.65. The van der Waals surface area contributed by atoms with Gasteiger partial charge in [0.15, 0.2) is 11.6 Å². The van der Waals surface area contributed by atoms with Crippen LogP contribution in [0.1, 0.15) is 10.4 Å². The van der Waals surface area contributed by atoms with Gasteiger partial charge in [-0.2, -0.15) is 0 Å². The molecule has 0 saturated heterocycles. The fraction of sp³-hybridized carbons (Fsp3) is 0.300. The zero-order chi connectivity index (χ0) is 13.0. The number of carboxylic acid groups (broad SMARTS) is 1. The SMILES string of the molecule is O=C(O)c1cc(F)c(F)cc1NCC(O)CO. The molecule has 5 nitrogen and oxygen atoms in total. The minimum Gasteiger partial charge on any atom is -0.478 e. The van der Waals surface area contributed by atoms with Crippen molar-refractivity contribution in [2.45, 2.75) is 6.10 Å². The fourth-order valence-electron chi connectivity index (χ4n) is 1.16. The van der Waals surface area contributed by atoms with Gasteiger partial charge in [-0.05, 0) is 6.07 Å². The number of aliphatic hydroxyl groups is 2. The van der Waals surface area contributed by atoms with Gasteiger partial charge in [0.2, 0.25) is 0 Å². The first-order valence-electron chi connectivity index (χ1n) is 4.70. The molecule has 4 N–H and O–H groups in total. The number of rotatable bonds is 5. The Labute approximate surface area is 95.3 Å². The molecule has 0 amide bonds.